The van der Waals surface area contributed by atoms with Crippen LogP contribution in [0.25, 0.3) is 38.8 Å². The minimum Gasteiger partial charge on any atom is -0.467 e. The number of esters is 1. The third-order valence-corrected chi connectivity index (χ3v) is 6.23. The van der Waals surface area contributed by atoms with Crippen molar-refractivity contribution in [3.63, 3.8) is 0 Å². The Kier molecular flexibility index (Phi) is 5.64. The maximum atomic E-state index is 12.1. The van der Waals surface area contributed by atoms with Gasteiger partial charge in [0.2, 0.25) is 0 Å². The summed E-state index contributed by atoms with van der Waals surface area (Å²) in [4.78, 5) is 12.1. The first-order valence-electron chi connectivity index (χ1n) is 11.5. The van der Waals surface area contributed by atoms with Crippen molar-refractivity contribution in [2.24, 2.45) is 7.05 Å². The lowest BCUT2D eigenvalue weighted by molar-refractivity contribution is -0.166. The van der Waals surface area contributed by atoms with E-state index in [0.29, 0.717) is 5.69 Å². The molecule has 180 valence electrons. The lowest BCUT2D eigenvalue weighted by Gasteiger charge is -2.21. The van der Waals surface area contributed by atoms with E-state index in [1.165, 1.54) is 7.11 Å². The average Bonchev–Trinajstić information content (AvgIpc) is 3.58. The van der Waals surface area contributed by atoms with Crippen LogP contribution in [0, 0.1) is 0 Å². The molecule has 2 aromatic carbocycles. The molecular weight excluding hydrogens is 444 g/mol. The highest BCUT2D eigenvalue weighted by Crippen LogP contribution is 2.31. The minimum absolute atomic E-state index is 0.151. The molecule has 0 saturated carbocycles. The molecule has 0 amide bonds. The van der Waals surface area contributed by atoms with Crippen LogP contribution in [-0.4, -0.2) is 48.0 Å². The number of aryl methyl sites for hydroxylation is 2. The molecule has 0 bridgehead atoms. The molecule has 0 aliphatic rings. The summed E-state index contributed by atoms with van der Waals surface area (Å²) in [6.45, 7) is 6.38. The SMILES string of the molecule is CCn1ncc2ccc(-c3cc(COC(C)(C)C(=O)OC)nn3-c3cccc4cnn(C)c34)cc21. The Labute approximate surface area is 202 Å². The fourth-order valence-electron chi connectivity index (χ4n) is 4.31. The van der Waals surface area contributed by atoms with E-state index in [4.69, 9.17) is 14.6 Å². The van der Waals surface area contributed by atoms with Gasteiger partial charge in [0.15, 0.2) is 5.60 Å². The van der Waals surface area contributed by atoms with E-state index in [2.05, 4.69) is 35.3 Å². The number of hydrogen-bond acceptors (Lipinski definition) is 6. The van der Waals surface area contributed by atoms with Crippen molar-refractivity contribution >= 4 is 27.8 Å². The van der Waals surface area contributed by atoms with Crippen LogP contribution in [-0.2, 0) is 34.5 Å². The highest BCUT2D eigenvalue weighted by molar-refractivity contribution is 5.88. The Bertz CT molecular complexity index is 1540. The van der Waals surface area contributed by atoms with Gasteiger partial charge in [0.05, 0.1) is 54.2 Å². The van der Waals surface area contributed by atoms with Crippen LogP contribution in [0.2, 0.25) is 0 Å². The van der Waals surface area contributed by atoms with Gasteiger partial charge in [0, 0.05) is 29.9 Å². The Morgan fingerprint density at radius 1 is 1.06 bits per heavy atom. The second-order valence-electron chi connectivity index (χ2n) is 8.94. The lowest BCUT2D eigenvalue weighted by Crippen LogP contribution is -2.35. The summed E-state index contributed by atoms with van der Waals surface area (Å²) in [7, 11) is 3.27. The van der Waals surface area contributed by atoms with Gasteiger partial charge in [-0.05, 0) is 39.0 Å². The number of benzene rings is 2. The van der Waals surface area contributed by atoms with Gasteiger partial charge in [-0.2, -0.15) is 15.3 Å². The fraction of sp³-hybridized carbons (Fsp3) is 0.308. The number of para-hydroxylation sites is 1. The van der Waals surface area contributed by atoms with E-state index in [9.17, 15) is 4.79 Å². The van der Waals surface area contributed by atoms with Crippen molar-refractivity contribution in [2.75, 3.05) is 7.11 Å². The second-order valence-corrected chi connectivity index (χ2v) is 8.94. The molecule has 0 atom stereocenters. The molecule has 9 nitrogen and oxygen atoms in total. The van der Waals surface area contributed by atoms with Crippen molar-refractivity contribution in [2.45, 2.75) is 39.5 Å². The molecular formula is C26H28N6O3. The van der Waals surface area contributed by atoms with E-state index in [-0.39, 0.29) is 6.61 Å². The maximum Gasteiger partial charge on any atom is 0.337 e. The predicted molar refractivity (Wildman–Crippen MR) is 133 cm³/mol. The molecule has 9 heteroatoms. The third kappa shape index (κ3) is 3.97. The molecule has 35 heavy (non-hydrogen) atoms. The predicted octanol–water partition coefficient (Wildman–Crippen LogP) is 4.26. The van der Waals surface area contributed by atoms with Crippen molar-refractivity contribution in [1.29, 1.82) is 0 Å². The second kappa shape index (κ2) is 8.66. The summed E-state index contributed by atoms with van der Waals surface area (Å²) in [5, 5.41) is 15.9. The first-order valence-corrected chi connectivity index (χ1v) is 11.5. The van der Waals surface area contributed by atoms with Gasteiger partial charge in [-0.25, -0.2) is 9.48 Å². The average molecular weight is 473 g/mol. The van der Waals surface area contributed by atoms with Gasteiger partial charge in [0.25, 0.3) is 0 Å². The van der Waals surface area contributed by atoms with Gasteiger partial charge in [-0.1, -0.05) is 24.3 Å². The highest BCUT2D eigenvalue weighted by atomic mass is 16.6. The Morgan fingerprint density at radius 2 is 1.86 bits per heavy atom. The van der Waals surface area contributed by atoms with Gasteiger partial charge in [0.1, 0.15) is 0 Å². The van der Waals surface area contributed by atoms with Crippen LogP contribution in [0.1, 0.15) is 26.5 Å². The zero-order valence-electron chi connectivity index (χ0n) is 20.5. The van der Waals surface area contributed by atoms with Crippen molar-refractivity contribution < 1.29 is 14.3 Å². The summed E-state index contributed by atoms with van der Waals surface area (Å²) in [5.41, 5.74) is 4.44. The molecule has 0 saturated heterocycles. The van der Waals surface area contributed by atoms with Crippen molar-refractivity contribution in [1.82, 2.24) is 29.3 Å². The highest BCUT2D eigenvalue weighted by Gasteiger charge is 2.30. The van der Waals surface area contributed by atoms with Crippen LogP contribution in [0.4, 0.5) is 0 Å². The largest absolute Gasteiger partial charge is 0.467 e. The summed E-state index contributed by atoms with van der Waals surface area (Å²) < 4.78 is 16.5. The Morgan fingerprint density at radius 3 is 2.63 bits per heavy atom. The summed E-state index contributed by atoms with van der Waals surface area (Å²) >= 11 is 0. The lowest BCUT2D eigenvalue weighted by atomic mass is 10.1. The number of fused-ring (bicyclic) bond motifs is 2. The summed E-state index contributed by atoms with van der Waals surface area (Å²) in [6.07, 6.45) is 3.72. The number of aromatic nitrogens is 6. The molecule has 0 aliphatic carbocycles. The normalized spacial score (nSPS) is 12.0. The third-order valence-electron chi connectivity index (χ3n) is 6.23. The van der Waals surface area contributed by atoms with Crippen LogP contribution in [0.3, 0.4) is 0 Å². The molecule has 0 aliphatic heterocycles. The van der Waals surface area contributed by atoms with Crippen LogP contribution < -0.4 is 0 Å². The molecule has 3 heterocycles. The zero-order chi connectivity index (χ0) is 24.7. The van der Waals surface area contributed by atoms with E-state index in [1.54, 1.807) is 13.8 Å². The van der Waals surface area contributed by atoms with E-state index < -0.39 is 11.6 Å². The number of methoxy groups -OCH3 is 1. The van der Waals surface area contributed by atoms with E-state index >= 15 is 0 Å². The summed E-state index contributed by atoms with van der Waals surface area (Å²) in [6, 6.07) is 14.3. The number of carbonyl (C=O) groups excluding carboxylic acids is 1. The monoisotopic (exact) mass is 472 g/mol. The Balaban J connectivity index is 1.65. The van der Waals surface area contributed by atoms with Gasteiger partial charge in [-0.3, -0.25) is 9.36 Å². The topological polar surface area (TPSA) is 89.0 Å². The number of rotatable bonds is 7. The van der Waals surface area contributed by atoms with Crippen LogP contribution in [0.5, 0.6) is 0 Å². The number of ether oxygens (including phenoxy) is 2. The molecule has 0 radical (unpaired) electrons. The van der Waals surface area contributed by atoms with Crippen LogP contribution >= 0.6 is 0 Å². The van der Waals surface area contributed by atoms with Gasteiger partial charge >= 0.3 is 5.97 Å². The smallest absolute Gasteiger partial charge is 0.337 e. The Hall–Kier alpha value is -3.98. The number of carbonyl (C=O) groups is 1. The standard InChI is InChI=1S/C26H28N6O3/c1-6-31-22-12-17(10-11-18(22)14-28-31)23-13-20(16-35-26(2,3)25(33)34-5)29-32(23)21-9-7-8-19-15-27-30(4)24(19)21/h7-15H,6,16H2,1-5H3. The van der Waals surface area contributed by atoms with Crippen LogP contribution in [0.15, 0.2) is 54.9 Å². The van der Waals surface area contributed by atoms with Gasteiger partial charge in [-0.15, -0.1) is 0 Å². The molecule has 0 N–H and O–H groups in total. The number of nitrogens with zero attached hydrogens (tertiary/aromatic N) is 6. The maximum absolute atomic E-state index is 12.1. The molecule has 5 aromatic rings. The van der Waals surface area contributed by atoms with Crippen molar-refractivity contribution in [3.8, 4) is 16.9 Å². The molecule has 0 unspecified atom stereocenters. The quantitative estimate of drug-likeness (QED) is 0.329. The first-order chi connectivity index (χ1) is 16.8. The molecule has 5 rings (SSSR count). The first kappa shape index (κ1) is 22.8. The number of hydrogen-bond donors (Lipinski definition) is 0. The fourth-order valence-corrected chi connectivity index (χ4v) is 4.31. The molecule has 3 aromatic heterocycles. The van der Waals surface area contributed by atoms with Crippen molar-refractivity contribution in [3.05, 3.63) is 60.6 Å². The summed E-state index contributed by atoms with van der Waals surface area (Å²) in [5.74, 6) is -0.435. The zero-order valence-corrected chi connectivity index (χ0v) is 20.5. The molecule has 0 fully saturated rings. The minimum atomic E-state index is -1.09. The van der Waals surface area contributed by atoms with Gasteiger partial charge < -0.3 is 9.47 Å². The van der Waals surface area contributed by atoms with E-state index in [1.807, 2.05) is 57.8 Å². The van der Waals surface area contributed by atoms with E-state index in [0.717, 1.165) is 45.3 Å². The molecule has 0 spiro atoms.